The Bertz CT molecular complexity index is 1260. The van der Waals surface area contributed by atoms with Gasteiger partial charge in [-0.05, 0) is 36.8 Å². The molecule has 7 nitrogen and oxygen atoms in total. The Morgan fingerprint density at radius 2 is 2.00 bits per heavy atom. The molecule has 1 aromatic carbocycles. The highest BCUT2D eigenvalue weighted by Gasteiger charge is 2.33. The third-order valence-corrected chi connectivity index (χ3v) is 5.68. The zero-order valence-corrected chi connectivity index (χ0v) is 16.9. The summed E-state index contributed by atoms with van der Waals surface area (Å²) in [5.41, 5.74) is 2.16. The third kappa shape index (κ3) is 3.31. The van der Waals surface area contributed by atoms with E-state index in [-0.39, 0.29) is 5.56 Å². The number of nitrogens with zero attached hydrogens (tertiary/aromatic N) is 2. The van der Waals surface area contributed by atoms with Gasteiger partial charge in [0.15, 0.2) is 4.80 Å². The average molecular weight is 410 g/mol. The van der Waals surface area contributed by atoms with Gasteiger partial charge in [-0.1, -0.05) is 23.5 Å². The van der Waals surface area contributed by atoms with Gasteiger partial charge in [-0.3, -0.25) is 9.36 Å². The first-order chi connectivity index (χ1) is 14.0. The van der Waals surface area contributed by atoms with Crippen LogP contribution >= 0.6 is 11.3 Å². The molecule has 0 bridgehead atoms. The number of benzene rings is 1. The van der Waals surface area contributed by atoms with E-state index in [4.69, 9.17) is 13.9 Å². The Hall–Kier alpha value is -3.39. The summed E-state index contributed by atoms with van der Waals surface area (Å²) < 4.78 is 17.3. The van der Waals surface area contributed by atoms with Crippen molar-refractivity contribution in [3.63, 3.8) is 0 Å². The number of carbonyl (C=O) groups is 1. The first kappa shape index (κ1) is 18.9. The number of aromatic nitrogens is 1. The van der Waals surface area contributed by atoms with Gasteiger partial charge in [-0.15, -0.1) is 0 Å². The molecule has 0 saturated heterocycles. The minimum atomic E-state index is -0.642. The van der Waals surface area contributed by atoms with E-state index in [2.05, 4.69) is 4.99 Å². The lowest BCUT2D eigenvalue weighted by Crippen LogP contribution is -2.39. The van der Waals surface area contributed by atoms with Crippen molar-refractivity contribution in [2.24, 2.45) is 4.99 Å². The van der Waals surface area contributed by atoms with Crippen LogP contribution in [0.5, 0.6) is 5.75 Å². The Labute approximate surface area is 169 Å². The van der Waals surface area contributed by atoms with Crippen LogP contribution in [-0.4, -0.2) is 24.8 Å². The number of fused-ring (bicyclic) bond motifs is 1. The molecule has 0 fully saturated rings. The van der Waals surface area contributed by atoms with Crippen molar-refractivity contribution in [3.05, 3.63) is 84.9 Å². The maximum absolute atomic E-state index is 13.3. The first-order valence-corrected chi connectivity index (χ1v) is 9.62. The molecule has 4 rings (SSSR count). The molecule has 2 aromatic heterocycles. The predicted molar refractivity (Wildman–Crippen MR) is 107 cm³/mol. The smallest absolute Gasteiger partial charge is 0.338 e. The molecule has 3 heterocycles. The number of hydrogen-bond donors (Lipinski definition) is 0. The van der Waals surface area contributed by atoms with Crippen molar-refractivity contribution in [2.75, 3.05) is 14.2 Å². The van der Waals surface area contributed by atoms with E-state index in [0.29, 0.717) is 26.4 Å². The predicted octanol–water partition coefficient (Wildman–Crippen LogP) is 2.01. The van der Waals surface area contributed by atoms with Gasteiger partial charge < -0.3 is 13.9 Å². The Morgan fingerprint density at radius 3 is 2.62 bits per heavy atom. The standard InChI is InChI=1S/C21H18N2O5S/c1-12-17(20(25)27-3)18(14-4-6-15(26-2)7-5-14)23-19(24)16(29-21(23)22-12)10-13-8-9-28-11-13/h4-11,18H,1-3H3/b16-10+/t18-/m1/s1. The number of ether oxygens (including phenoxy) is 2. The average Bonchev–Trinajstić information content (AvgIpc) is 3.35. The molecule has 1 aliphatic heterocycles. The molecule has 1 aliphatic rings. The minimum absolute atomic E-state index is 0.232. The fourth-order valence-electron chi connectivity index (χ4n) is 3.30. The summed E-state index contributed by atoms with van der Waals surface area (Å²) in [6, 6.07) is 8.37. The number of rotatable bonds is 4. The number of thiazole rings is 1. The van der Waals surface area contributed by atoms with Crippen molar-refractivity contribution in [3.8, 4) is 5.75 Å². The van der Waals surface area contributed by atoms with E-state index in [1.807, 2.05) is 12.1 Å². The number of esters is 1. The van der Waals surface area contributed by atoms with Crippen LogP contribution in [0.2, 0.25) is 0 Å². The van der Waals surface area contributed by atoms with Gasteiger partial charge in [-0.2, -0.15) is 0 Å². The maximum Gasteiger partial charge on any atom is 0.338 e. The molecular weight excluding hydrogens is 392 g/mol. The molecule has 1 atom stereocenters. The number of methoxy groups -OCH3 is 2. The Kier molecular flexibility index (Phi) is 4.94. The van der Waals surface area contributed by atoms with Crippen LogP contribution < -0.4 is 19.6 Å². The molecule has 0 amide bonds. The van der Waals surface area contributed by atoms with Crippen molar-refractivity contribution in [2.45, 2.75) is 13.0 Å². The van der Waals surface area contributed by atoms with Crippen molar-refractivity contribution in [1.29, 1.82) is 0 Å². The van der Waals surface area contributed by atoms with Gasteiger partial charge >= 0.3 is 5.97 Å². The molecule has 0 N–H and O–H groups in total. The fraction of sp³-hybridized carbons (Fsp3) is 0.190. The topological polar surface area (TPSA) is 83.0 Å². The second-order valence-corrected chi connectivity index (χ2v) is 7.41. The minimum Gasteiger partial charge on any atom is -0.497 e. The Balaban J connectivity index is 1.97. The summed E-state index contributed by atoms with van der Waals surface area (Å²) in [6.07, 6.45) is 4.85. The Morgan fingerprint density at radius 1 is 1.24 bits per heavy atom. The fourth-order valence-corrected chi connectivity index (χ4v) is 4.35. The molecule has 8 heteroatoms. The van der Waals surface area contributed by atoms with Crippen LogP contribution in [0, 0.1) is 0 Å². The molecular formula is C21H18N2O5S. The highest BCUT2D eigenvalue weighted by Crippen LogP contribution is 2.31. The summed E-state index contributed by atoms with van der Waals surface area (Å²) >= 11 is 1.27. The van der Waals surface area contributed by atoms with Gasteiger partial charge in [0.25, 0.3) is 5.56 Å². The molecule has 0 radical (unpaired) electrons. The van der Waals surface area contributed by atoms with Gasteiger partial charge in [-0.25, -0.2) is 9.79 Å². The first-order valence-electron chi connectivity index (χ1n) is 8.80. The van der Waals surface area contributed by atoms with E-state index in [0.717, 1.165) is 11.1 Å². The second kappa shape index (κ2) is 7.56. The van der Waals surface area contributed by atoms with Gasteiger partial charge in [0.05, 0.1) is 48.6 Å². The molecule has 0 aliphatic carbocycles. The second-order valence-electron chi connectivity index (χ2n) is 6.40. The highest BCUT2D eigenvalue weighted by molar-refractivity contribution is 7.07. The number of allylic oxidation sites excluding steroid dienone is 1. The number of carbonyl (C=O) groups excluding carboxylic acids is 1. The van der Waals surface area contributed by atoms with Crippen LogP contribution in [0.1, 0.15) is 24.1 Å². The lowest BCUT2D eigenvalue weighted by atomic mass is 9.96. The normalized spacial score (nSPS) is 16.4. The van der Waals surface area contributed by atoms with Crippen molar-refractivity contribution >= 4 is 23.4 Å². The SMILES string of the molecule is COC(=O)C1=C(C)N=c2s/c(=C/c3ccoc3)c(=O)n2[C@@H]1c1ccc(OC)cc1. The lowest BCUT2D eigenvalue weighted by Gasteiger charge is -2.24. The quantitative estimate of drug-likeness (QED) is 0.615. The summed E-state index contributed by atoms with van der Waals surface area (Å²) in [4.78, 5) is 30.9. The van der Waals surface area contributed by atoms with Crippen molar-refractivity contribution < 1.29 is 18.7 Å². The highest BCUT2D eigenvalue weighted by atomic mass is 32.1. The van der Waals surface area contributed by atoms with Crippen molar-refractivity contribution in [1.82, 2.24) is 4.57 Å². The third-order valence-electron chi connectivity index (χ3n) is 4.70. The van der Waals surface area contributed by atoms with Crippen LogP contribution in [0.25, 0.3) is 6.08 Å². The van der Waals surface area contributed by atoms with Gasteiger partial charge in [0.2, 0.25) is 0 Å². The summed E-state index contributed by atoms with van der Waals surface area (Å²) in [6.45, 7) is 1.75. The molecule has 29 heavy (non-hydrogen) atoms. The van der Waals surface area contributed by atoms with Gasteiger partial charge in [0.1, 0.15) is 5.75 Å². The number of furan rings is 1. The zero-order chi connectivity index (χ0) is 20.5. The maximum atomic E-state index is 13.3. The molecule has 0 saturated carbocycles. The molecule has 148 valence electrons. The molecule has 0 spiro atoms. The van der Waals surface area contributed by atoms with Crippen LogP contribution in [-0.2, 0) is 9.53 Å². The van der Waals surface area contributed by atoms with Crippen LogP contribution in [0.4, 0.5) is 0 Å². The van der Waals surface area contributed by atoms with E-state index in [1.165, 1.54) is 23.0 Å². The largest absolute Gasteiger partial charge is 0.497 e. The molecule has 0 unspecified atom stereocenters. The monoisotopic (exact) mass is 410 g/mol. The van der Waals surface area contributed by atoms with Crippen LogP contribution in [0.3, 0.4) is 0 Å². The number of hydrogen-bond acceptors (Lipinski definition) is 7. The van der Waals surface area contributed by atoms with Gasteiger partial charge in [0, 0.05) is 5.56 Å². The summed E-state index contributed by atoms with van der Waals surface area (Å²) in [7, 11) is 2.90. The summed E-state index contributed by atoms with van der Waals surface area (Å²) in [5.74, 6) is 0.164. The van der Waals surface area contributed by atoms with Crippen LogP contribution in [0.15, 0.2) is 68.3 Å². The zero-order valence-electron chi connectivity index (χ0n) is 16.0. The lowest BCUT2D eigenvalue weighted by molar-refractivity contribution is -0.136. The van der Waals surface area contributed by atoms with E-state index < -0.39 is 12.0 Å². The van der Waals surface area contributed by atoms with E-state index in [9.17, 15) is 9.59 Å². The molecule has 3 aromatic rings. The van der Waals surface area contributed by atoms with E-state index in [1.54, 1.807) is 50.8 Å². The van der Waals surface area contributed by atoms with E-state index >= 15 is 0 Å². The summed E-state index contributed by atoms with van der Waals surface area (Å²) in [5, 5.41) is 0.